The van der Waals surface area contributed by atoms with E-state index in [1.54, 1.807) is 14.2 Å². The Balaban J connectivity index is 2.38. The highest BCUT2D eigenvalue weighted by Crippen LogP contribution is 2.33. The first-order chi connectivity index (χ1) is 11.7. The van der Waals surface area contributed by atoms with Crippen LogP contribution in [0.4, 0.5) is 11.4 Å². The van der Waals surface area contributed by atoms with Gasteiger partial charge in [0.2, 0.25) is 0 Å². The van der Waals surface area contributed by atoms with Gasteiger partial charge in [0.25, 0.3) is 0 Å². The van der Waals surface area contributed by atoms with Crippen molar-refractivity contribution in [2.75, 3.05) is 51.2 Å². The minimum atomic E-state index is 0.668. The average molecular weight is 393 g/mol. The molecular formula is C19H25BrN2O2. The van der Waals surface area contributed by atoms with Gasteiger partial charge in [-0.25, -0.2) is 0 Å². The second-order valence-corrected chi connectivity index (χ2v) is 6.10. The number of alkyl halides is 1. The van der Waals surface area contributed by atoms with Crippen LogP contribution in [0.5, 0.6) is 0 Å². The Morgan fingerprint density at radius 1 is 0.958 bits per heavy atom. The molecule has 0 spiro atoms. The van der Waals surface area contributed by atoms with E-state index in [9.17, 15) is 0 Å². The summed E-state index contributed by atoms with van der Waals surface area (Å²) < 4.78 is 10.5. The van der Waals surface area contributed by atoms with Gasteiger partial charge in [0.15, 0.2) is 0 Å². The summed E-state index contributed by atoms with van der Waals surface area (Å²) in [6, 6.07) is 14.5. The van der Waals surface area contributed by atoms with Gasteiger partial charge in [0, 0.05) is 49.6 Å². The van der Waals surface area contributed by atoms with Crippen LogP contribution in [0, 0.1) is 0 Å². The molecule has 0 aromatic heterocycles. The molecule has 130 valence electrons. The Labute approximate surface area is 152 Å². The van der Waals surface area contributed by atoms with Crippen molar-refractivity contribution in [2.24, 2.45) is 0 Å². The number of rotatable bonds is 9. The Bertz CT molecular complexity index is 641. The third kappa shape index (κ3) is 4.72. The highest BCUT2D eigenvalue weighted by atomic mass is 79.9. The van der Waals surface area contributed by atoms with E-state index in [0.717, 1.165) is 40.9 Å². The molecule has 0 aliphatic carbocycles. The van der Waals surface area contributed by atoms with Gasteiger partial charge < -0.3 is 20.1 Å². The summed E-state index contributed by atoms with van der Waals surface area (Å²) >= 11 is 3.56. The van der Waals surface area contributed by atoms with Crippen LogP contribution >= 0.6 is 15.9 Å². The molecule has 24 heavy (non-hydrogen) atoms. The van der Waals surface area contributed by atoms with Crippen molar-refractivity contribution in [3.8, 4) is 11.1 Å². The van der Waals surface area contributed by atoms with Gasteiger partial charge in [-0.3, -0.25) is 0 Å². The minimum absolute atomic E-state index is 0.668. The van der Waals surface area contributed by atoms with Gasteiger partial charge in [0.1, 0.15) is 0 Å². The summed E-state index contributed by atoms with van der Waals surface area (Å²) in [4.78, 5) is 2.26. The Morgan fingerprint density at radius 2 is 1.62 bits per heavy atom. The highest BCUT2D eigenvalue weighted by Gasteiger charge is 2.12. The maximum atomic E-state index is 6.26. The van der Waals surface area contributed by atoms with Crippen molar-refractivity contribution >= 4 is 27.3 Å². The van der Waals surface area contributed by atoms with E-state index in [1.807, 2.05) is 18.2 Å². The fraction of sp³-hybridized carbons (Fsp3) is 0.368. The maximum Gasteiger partial charge on any atom is 0.0637 e. The van der Waals surface area contributed by atoms with E-state index in [1.165, 1.54) is 5.56 Å². The second-order valence-electron chi connectivity index (χ2n) is 5.53. The zero-order valence-electron chi connectivity index (χ0n) is 14.3. The number of hydrogen-bond donors (Lipinski definition) is 1. The van der Waals surface area contributed by atoms with Crippen molar-refractivity contribution in [1.82, 2.24) is 0 Å². The van der Waals surface area contributed by atoms with E-state index in [2.05, 4.69) is 45.1 Å². The third-order valence-corrected chi connectivity index (χ3v) is 4.59. The number of benzene rings is 2. The lowest BCUT2D eigenvalue weighted by atomic mass is 9.98. The summed E-state index contributed by atoms with van der Waals surface area (Å²) in [5.74, 6) is 0. The number of hydrogen-bond acceptors (Lipinski definition) is 4. The number of nitrogens with two attached hydrogens (primary N) is 1. The van der Waals surface area contributed by atoms with Gasteiger partial charge in [-0.1, -0.05) is 40.2 Å². The van der Waals surface area contributed by atoms with E-state index in [4.69, 9.17) is 15.2 Å². The smallest absolute Gasteiger partial charge is 0.0637 e. The van der Waals surface area contributed by atoms with Crippen LogP contribution in [-0.2, 0) is 14.8 Å². The summed E-state index contributed by atoms with van der Waals surface area (Å²) in [5.41, 5.74) is 11.6. The van der Waals surface area contributed by atoms with E-state index in [-0.39, 0.29) is 0 Å². The lowest BCUT2D eigenvalue weighted by Crippen LogP contribution is -2.30. The fourth-order valence-corrected chi connectivity index (χ4v) is 3.14. The first-order valence-electron chi connectivity index (χ1n) is 7.97. The van der Waals surface area contributed by atoms with Crippen LogP contribution in [-0.4, -0.2) is 40.5 Å². The molecule has 2 rings (SSSR count). The molecule has 0 fully saturated rings. The van der Waals surface area contributed by atoms with E-state index in [0.29, 0.717) is 13.2 Å². The van der Waals surface area contributed by atoms with E-state index >= 15 is 0 Å². The number of methoxy groups -OCH3 is 2. The number of nitrogen functional groups attached to an aromatic ring is 1. The summed E-state index contributed by atoms with van der Waals surface area (Å²) in [6.45, 7) is 2.95. The molecule has 2 aromatic rings. The molecule has 0 amide bonds. The van der Waals surface area contributed by atoms with Crippen molar-refractivity contribution < 1.29 is 9.47 Å². The molecule has 0 radical (unpaired) electrons. The molecule has 4 nitrogen and oxygen atoms in total. The molecule has 0 atom stereocenters. The van der Waals surface area contributed by atoms with Crippen LogP contribution < -0.4 is 10.6 Å². The lowest BCUT2D eigenvalue weighted by Gasteiger charge is -2.25. The molecule has 2 N–H and O–H groups in total. The molecule has 0 unspecified atom stereocenters. The molecule has 0 saturated carbocycles. The highest BCUT2D eigenvalue weighted by molar-refractivity contribution is 9.08. The van der Waals surface area contributed by atoms with Crippen LogP contribution in [0.25, 0.3) is 11.1 Å². The first-order valence-corrected chi connectivity index (χ1v) is 9.10. The predicted molar refractivity (Wildman–Crippen MR) is 105 cm³/mol. The molecule has 0 aliphatic rings. The van der Waals surface area contributed by atoms with Crippen LogP contribution in [0.2, 0.25) is 0 Å². The summed E-state index contributed by atoms with van der Waals surface area (Å²) in [6.07, 6.45) is 0. The van der Waals surface area contributed by atoms with Crippen LogP contribution in [0.1, 0.15) is 5.56 Å². The normalized spacial score (nSPS) is 10.8. The Hall–Kier alpha value is -1.56. The minimum Gasteiger partial charge on any atom is -0.398 e. The molecule has 0 saturated heterocycles. The summed E-state index contributed by atoms with van der Waals surface area (Å²) in [7, 11) is 3.43. The molecule has 0 heterocycles. The van der Waals surface area contributed by atoms with Crippen LogP contribution in [0.15, 0.2) is 42.5 Å². The Kier molecular flexibility index (Phi) is 7.56. The first kappa shape index (κ1) is 18.8. The number of halogens is 1. The van der Waals surface area contributed by atoms with E-state index < -0.39 is 0 Å². The standard InChI is InChI=1S/C19H25BrN2O2/c1-23-11-9-22(10-12-24-2)16-7-8-19(21)18(13-16)17-6-4-3-5-15(17)14-20/h3-8,13H,9-12,14,21H2,1-2H3. The maximum absolute atomic E-state index is 6.26. The lowest BCUT2D eigenvalue weighted by molar-refractivity contribution is 0.190. The van der Waals surface area contributed by atoms with Crippen LogP contribution in [0.3, 0.4) is 0 Å². The third-order valence-electron chi connectivity index (χ3n) is 3.98. The van der Waals surface area contributed by atoms with Gasteiger partial charge in [-0.15, -0.1) is 0 Å². The second kappa shape index (κ2) is 9.67. The SMILES string of the molecule is COCCN(CCOC)c1ccc(N)c(-c2ccccc2CBr)c1. The molecule has 0 aliphatic heterocycles. The number of nitrogens with zero attached hydrogens (tertiary/aromatic N) is 1. The number of ether oxygens (including phenoxy) is 2. The van der Waals surface area contributed by atoms with Gasteiger partial charge in [-0.05, 0) is 29.3 Å². The average Bonchev–Trinajstić information content (AvgIpc) is 2.62. The topological polar surface area (TPSA) is 47.7 Å². The zero-order chi connectivity index (χ0) is 17.4. The largest absolute Gasteiger partial charge is 0.398 e. The zero-order valence-corrected chi connectivity index (χ0v) is 15.9. The monoisotopic (exact) mass is 392 g/mol. The number of anilines is 2. The van der Waals surface area contributed by atoms with Gasteiger partial charge in [-0.2, -0.15) is 0 Å². The van der Waals surface area contributed by atoms with Crippen molar-refractivity contribution in [3.63, 3.8) is 0 Å². The predicted octanol–water partition coefficient (Wildman–Crippen LogP) is 3.93. The van der Waals surface area contributed by atoms with Crippen molar-refractivity contribution in [2.45, 2.75) is 5.33 Å². The summed E-state index contributed by atoms with van der Waals surface area (Å²) in [5, 5.41) is 0.796. The molecule has 2 aromatic carbocycles. The quantitative estimate of drug-likeness (QED) is 0.518. The van der Waals surface area contributed by atoms with Crippen molar-refractivity contribution in [1.29, 1.82) is 0 Å². The fourth-order valence-electron chi connectivity index (χ4n) is 2.65. The van der Waals surface area contributed by atoms with Gasteiger partial charge in [0.05, 0.1) is 13.2 Å². The molecule has 5 heteroatoms. The molecular weight excluding hydrogens is 368 g/mol. The van der Waals surface area contributed by atoms with Crippen molar-refractivity contribution in [3.05, 3.63) is 48.0 Å². The van der Waals surface area contributed by atoms with Gasteiger partial charge >= 0.3 is 0 Å². The molecule has 0 bridgehead atoms. The Morgan fingerprint density at radius 3 is 2.25 bits per heavy atom.